The van der Waals surface area contributed by atoms with Gasteiger partial charge in [0.2, 0.25) is 0 Å². The van der Waals surface area contributed by atoms with Crippen molar-refractivity contribution in [3.8, 4) is 11.5 Å². The fourth-order valence-corrected chi connectivity index (χ4v) is 3.40. The summed E-state index contributed by atoms with van der Waals surface area (Å²) >= 11 is 6.38. The number of nitrogens with one attached hydrogen (secondary N) is 2. The van der Waals surface area contributed by atoms with Gasteiger partial charge in [-0.25, -0.2) is 0 Å². The number of phenols is 1. The predicted octanol–water partition coefficient (Wildman–Crippen LogP) is 4.34. The zero-order valence-electron chi connectivity index (χ0n) is 13.6. The van der Waals surface area contributed by atoms with Crippen LogP contribution in [-0.2, 0) is 4.79 Å². The topological polar surface area (TPSA) is 74.3 Å². The molecule has 25 heavy (non-hydrogen) atoms. The van der Waals surface area contributed by atoms with Gasteiger partial charge in [0.05, 0.1) is 7.11 Å². The molecule has 1 aliphatic rings. The van der Waals surface area contributed by atoms with Crippen LogP contribution in [0.15, 0.2) is 30.3 Å². The average molecular weight is 355 g/mol. The molecule has 6 heteroatoms. The summed E-state index contributed by atoms with van der Waals surface area (Å²) < 4.78 is 5.39. The van der Waals surface area contributed by atoms with Crippen molar-refractivity contribution < 1.29 is 14.6 Å². The van der Waals surface area contributed by atoms with Gasteiger partial charge < -0.3 is 20.1 Å². The van der Waals surface area contributed by atoms with E-state index in [2.05, 4.69) is 10.3 Å². The number of methoxy groups -OCH3 is 1. The molecule has 0 spiro atoms. The molecule has 3 aromatic rings. The molecule has 0 aliphatic carbocycles. The highest BCUT2D eigenvalue weighted by atomic mass is 35.5. The number of hydrogen-bond acceptors (Lipinski definition) is 3. The number of fused-ring (bicyclic) bond motifs is 2. The fraction of sp³-hybridized carbons (Fsp3) is 0.105. The molecule has 3 N–H and O–H groups in total. The number of phenolic OH excluding ortho intramolecular Hbond substituents is 1. The summed E-state index contributed by atoms with van der Waals surface area (Å²) in [5.74, 6) is 0.616. The van der Waals surface area contributed by atoms with Crippen molar-refractivity contribution in [3.63, 3.8) is 0 Å². The molecule has 1 aromatic heterocycles. The maximum absolute atomic E-state index is 12.4. The quantitative estimate of drug-likeness (QED) is 0.473. The van der Waals surface area contributed by atoms with Gasteiger partial charge in [0, 0.05) is 33.3 Å². The second-order valence-electron chi connectivity index (χ2n) is 5.96. The van der Waals surface area contributed by atoms with Gasteiger partial charge in [-0.1, -0.05) is 11.6 Å². The average Bonchev–Trinajstić information content (AvgIpc) is 3.04. The normalized spacial score (nSPS) is 14.8. The molecule has 2 heterocycles. The van der Waals surface area contributed by atoms with Crippen LogP contribution >= 0.6 is 11.6 Å². The molecule has 126 valence electrons. The summed E-state index contributed by atoms with van der Waals surface area (Å²) in [6.07, 6.45) is 1.73. The first kappa shape index (κ1) is 15.6. The molecule has 0 radical (unpaired) electrons. The Kier molecular flexibility index (Phi) is 3.47. The first-order valence-corrected chi connectivity index (χ1v) is 8.08. The minimum Gasteiger partial charge on any atom is -0.508 e. The highest BCUT2D eigenvalue weighted by Gasteiger charge is 2.25. The van der Waals surface area contributed by atoms with E-state index in [9.17, 15) is 9.90 Å². The Labute approximate surface area is 148 Å². The molecule has 1 amide bonds. The number of aromatic amines is 1. The third-order valence-electron chi connectivity index (χ3n) is 4.38. The number of amides is 1. The number of carbonyl (C=O) groups excluding carboxylic acids is 1. The second kappa shape index (κ2) is 5.57. The standard InChI is InChI=1S/C19H15ClN2O3/c1-9-5-16-12(8-17(9)25-2)13(18(20)21-16)7-14-11-6-10(23)3-4-15(11)22-19(14)24/h3-8,21,23H,1-2H3,(H,22,24)/b14-7+. The van der Waals surface area contributed by atoms with Crippen molar-refractivity contribution in [2.75, 3.05) is 12.4 Å². The number of ether oxygens (including phenoxy) is 1. The van der Waals surface area contributed by atoms with Gasteiger partial charge in [-0.15, -0.1) is 0 Å². The van der Waals surface area contributed by atoms with Gasteiger partial charge in [0.25, 0.3) is 5.91 Å². The minimum absolute atomic E-state index is 0.100. The van der Waals surface area contributed by atoms with Crippen LogP contribution in [0.3, 0.4) is 0 Å². The fourth-order valence-electron chi connectivity index (χ4n) is 3.14. The van der Waals surface area contributed by atoms with Crippen molar-refractivity contribution in [1.82, 2.24) is 4.98 Å². The number of anilines is 1. The van der Waals surface area contributed by atoms with Gasteiger partial charge >= 0.3 is 0 Å². The molecule has 0 fully saturated rings. The van der Waals surface area contributed by atoms with Gasteiger partial charge in [0.15, 0.2) is 0 Å². The summed E-state index contributed by atoms with van der Waals surface area (Å²) in [6, 6.07) is 8.62. The Balaban J connectivity index is 1.94. The van der Waals surface area contributed by atoms with E-state index in [1.165, 1.54) is 6.07 Å². The molecular formula is C19H15ClN2O3. The van der Waals surface area contributed by atoms with Gasteiger partial charge in [-0.05, 0) is 48.9 Å². The Morgan fingerprint density at radius 1 is 1.24 bits per heavy atom. The van der Waals surface area contributed by atoms with Crippen molar-refractivity contribution in [2.45, 2.75) is 6.92 Å². The summed E-state index contributed by atoms with van der Waals surface area (Å²) in [5.41, 5.74) is 4.32. The molecule has 0 saturated carbocycles. The van der Waals surface area contributed by atoms with Crippen LogP contribution in [0, 0.1) is 6.92 Å². The summed E-state index contributed by atoms with van der Waals surface area (Å²) in [4.78, 5) is 15.5. The van der Waals surface area contributed by atoms with Crippen molar-refractivity contribution in [2.24, 2.45) is 0 Å². The Morgan fingerprint density at radius 3 is 2.80 bits per heavy atom. The molecular weight excluding hydrogens is 340 g/mol. The van der Waals surface area contributed by atoms with Crippen LogP contribution < -0.4 is 10.1 Å². The molecule has 2 aromatic carbocycles. The van der Waals surface area contributed by atoms with E-state index in [1.807, 2.05) is 19.1 Å². The van der Waals surface area contributed by atoms with Crippen molar-refractivity contribution in [3.05, 3.63) is 52.2 Å². The van der Waals surface area contributed by atoms with Crippen LogP contribution in [0.1, 0.15) is 16.7 Å². The van der Waals surface area contributed by atoms with Gasteiger partial charge in [-0.3, -0.25) is 4.79 Å². The third kappa shape index (κ3) is 2.44. The van der Waals surface area contributed by atoms with E-state index < -0.39 is 0 Å². The van der Waals surface area contributed by atoms with Crippen LogP contribution in [-0.4, -0.2) is 23.1 Å². The van der Waals surface area contributed by atoms with Crippen LogP contribution in [0.25, 0.3) is 22.6 Å². The van der Waals surface area contributed by atoms with E-state index in [0.717, 1.165) is 22.2 Å². The first-order chi connectivity index (χ1) is 12.0. The Bertz CT molecular complexity index is 1070. The van der Waals surface area contributed by atoms with Crippen molar-refractivity contribution >= 4 is 45.7 Å². The maximum Gasteiger partial charge on any atom is 0.256 e. The smallest absolute Gasteiger partial charge is 0.256 e. The highest BCUT2D eigenvalue weighted by molar-refractivity contribution is 6.38. The van der Waals surface area contributed by atoms with Crippen LogP contribution in [0.2, 0.25) is 5.15 Å². The number of aromatic hydroxyl groups is 1. The number of benzene rings is 2. The summed E-state index contributed by atoms with van der Waals surface area (Å²) in [5, 5.41) is 13.8. The third-order valence-corrected chi connectivity index (χ3v) is 4.68. The van der Waals surface area contributed by atoms with E-state index in [4.69, 9.17) is 16.3 Å². The van der Waals surface area contributed by atoms with E-state index in [0.29, 0.717) is 27.5 Å². The Hall–Kier alpha value is -2.92. The lowest BCUT2D eigenvalue weighted by molar-refractivity contribution is -0.110. The highest BCUT2D eigenvalue weighted by Crippen LogP contribution is 2.39. The predicted molar refractivity (Wildman–Crippen MR) is 99.2 cm³/mol. The number of H-pyrrole nitrogens is 1. The minimum atomic E-state index is -0.231. The lowest BCUT2D eigenvalue weighted by Gasteiger charge is -2.05. The summed E-state index contributed by atoms with van der Waals surface area (Å²) in [7, 11) is 1.62. The van der Waals surface area contributed by atoms with Crippen LogP contribution in [0.4, 0.5) is 5.69 Å². The number of rotatable bonds is 2. The van der Waals surface area contributed by atoms with Gasteiger partial charge in [0.1, 0.15) is 16.7 Å². The molecule has 4 rings (SSSR count). The van der Waals surface area contributed by atoms with E-state index in [1.54, 1.807) is 25.3 Å². The molecule has 0 bridgehead atoms. The second-order valence-corrected chi connectivity index (χ2v) is 6.34. The number of aromatic nitrogens is 1. The first-order valence-electron chi connectivity index (χ1n) is 7.70. The van der Waals surface area contributed by atoms with Crippen LogP contribution in [0.5, 0.6) is 11.5 Å². The SMILES string of the molecule is COc1cc2c(/C=C3/C(=O)Nc4ccc(O)cc43)c(Cl)[nH]c2cc1C. The zero-order chi connectivity index (χ0) is 17.7. The van der Waals surface area contributed by atoms with Crippen molar-refractivity contribution in [1.29, 1.82) is 0 Å². The molecule has 0 saturated heterocycles. The largest absolute Gasteiger partial charge is 0.508 e. The lowest BCUT2D eigenvalue weighted by Crippen LogP contribution is -2.03. The van der Waals surface area contributed by atoms with E-state index in [-0.39, 0.29) is 11.7 Å². The summed E-state index contributed by atoms with van der Waals surface area (Å²) in [6.45, 7) is 1.95. The molecule has 0 unspecified atom stereocenters. The number of hydrogen-bond donors (Lipinski definition) is 3. The zero-order valence-corrected chi connectivity index (χ0v) is 14.4. The number of aryl methyl sites for hydroxylation is 1. The van der Waals surface area contributed by atoms with E-state index >= 15 is 0 Å². The molecule has 0 atom stereocenters. The number of halogens is 1. The number of carbonyl (C=O) groups is 1. The molecule has 1 aliphatic heterocycles. The maximum atomic E-state index is 12.4. The molecule has 5 nitrogen and oxygen atoms in total. The van der Waals surface area contributed by atoms with Gasteiger partial charge in [-0.2, -0.15) is 0 Å². The lowest BCUT2D eigenvalue weighted by atomic mass is 10.0. The monoisotopic (exact) mass is 354 g/mol. The Morgan fingerprint density at radius 2 is 2.04 bits per heavy atom.